The van der Waals surface area contributed by atoms with Crippen molar-refractivity contribution < 1.29 is 19.0 Å². The van der Waals surface area contributed by atoms with Crippen molar-refractivity contribution in [2.45, 2.75) is 6.92 Å². The molecule has 2 aromatic rings. The smallest absolute Gasteiger partial charge is 0.258 e. The lowest BCUT2D eigenvalue weighted by atomic mass is 10.2. The van der Waals surface area contributed by atoms with Gasteiger partial charge in [0.2, 0.25) is 0 Å². The number of benzene rings is 2. The standard InChI is InChI=1S/C18H21NO4/c1-14-6-5-7-15(12-14)22-11-10-19-18(20)13-23-17-9-4-3-8-16(17)21-2/h3-9,12H,10-11,13H2,1-2H3,(H,19,20). The van der Waals surface area contributed by atoms with E-state index in [1.165, 1.54) is 0 Å². The maximum Gasteiger partial charge on any atom is 0.258 e. The number of aryl methyl sites for hydroxylation is 1. The number of nitrogens with one attached hydrogen (secondary N) is 1. The fraction of sp³-hybridized carbons (Fsp3) is 0.278. The molecule has 23 heavy (non-hydrogen) atoms. The highest BCUT2D eigenvalue weighted by molar-refractivity contribution is 5.77. The molecule has 0 radical (unpaired) electrons. The summed E-state index contributed by atoms with van der Waals surface area (Å²) in [5.41, 5.74) is 1.14. The Morgan fingerprint density at radius 1 is 1.04 bits per heavy atom. The maximum atomic E-state index is 11.7. The third-order valence-corrected chi connectivity index (χ3v) is 3.11. The van der Waals surface area contributed by atoms with Gasteiger partial charge in [-0.25, -0.2) is 0 Å². The van der Waals surface area contributed by atoms with E-state index in [2.05, 4.69) is 5.32 Å². The zero-order chi connectivity index (χ0) is 16.5. The molecule has 0 aliphatic rings. The van der Waals surface area contributed by atoms with Crippen LogP contribution in [-0.2, 0) is 4.79 Å². The normalized spacial score (nSPS) is 10.0. The summed E-state index contributed by atoms with van der Waals surface area (Å²) in [6.45, 7) is 2.76. The van der Waals surface area contributed by atoms with Crippen LogP contribution in [0.5, 0.6) is 17.2 Å². The van der Waals surface area contributed by atoms with Crippen LogP contribution in [0.25, 0.3) is 0 Å². The summed E-state index contributed by atoms with van der Waals surface area (Å²) in [5.74, 6) is 1.73. The molecule has 122 valence electrons. The molecule has 0 fully saturated rings. The minimum Gasteiger partial charge on any atom is -0.493 e. The molecule has 0 unspecified atom stereocenters. The van der Waals surface area contributed by atoms with Crippen molar-refractivity contribution in [2.75, 3.05) is 26.9 Å². The van der Waals surface area contributed by atoms with Gasteiger partial charge < -0.3 is 19.5 Å². The van der Waals surface area contributed by atoms with Gasteiger partial charge in [-0.05, 0) is 36.8 Å². The van der Waals surface area contributed by atoms with E-state index in [1.807, 2.05) is 43.3 Å². The number of carbonyl (C=O) groups excluding carboxylic acids is 1. The largest absolute Gasteiger partial charge is 0.493 e. The molecular formula is C18H21NO4. The Morgan fingerprint density at radius 2 is 1.83 bits per heavy atom. The number of amides is 1. The van der Waals surface area contributed by atoms with Crippen molar-refractivity contribution in [3.05, 3.63) is 54.1 Å². The quantitative estimate of drug-likeness (QED) is 0.761. The Hall–Kier alpha value is -2.69. The summed E-state index contributed by atoms with van der Waals surface area (Å²) in [6.07, 6.45) is 0. The van der Waals surface area contributed by atoms with Crippen molar-refractivity contribution in [1.82, 2.24) is 5.32 Å². The molecule has 0 bridgehead atoms. The van der Waals surface area contributed by atoms with Crippen molar-refractivity contribution in [3.63, 3.8) is 0 Å². The van der Waals surface area contributed by atoms with E-state index in [9.17, 15) is 4.79 Å². The molecule has 0 spiro atoms. The fourth-order valence-electron chi connectivity index (χ4n) is 2.00. The molecule has 2 aromatic carbocycles. The second-order valence-electron chi connectivity index (χ2n) is 4.95. The van der Waals surface area contributed by atoms with Gasteiger partial charge in [0.1, 0.15) is 12.4 Å². The van der Waals surface area contributed by atoms with Crippen molar-refractivity contribution in [2.24, 2.45) is 0 Å². The number of para-hydroxylation sites is 2. The maximum absolute atomic E-state index is 11.7. The molecule has 0 aromatic heterocycles. The van der Waals surface area contributed by atoms with Gasteiger partial charge in [-0.3, -0.25) is 4.79 Å². The first-order chi connectivity index (χ1) is 11.2. The topological polar surface area (TPSA) is 56.8 Å². The Kier molecular flexibility index (Phi) is 6.29. The number of hydrogen-bond acceptors (Lipinski definition) is 4. The third kappa shape index (κ3) is 5.54. The SMILES string of the molecule is COc1ccccc1OCC(=O)NCCOc1cccc(C)c1. The first-order valence-corrected chi connectivity index (χ1v) is 7.41. The van der Waals surface area contributed by atoms with Crippen molar-refractivity contribution >= 4 is 5.91 Å². The Labute approximate surface area is 136 Å². The summed E-state index contributed by atoms with van der Waals surface area (Å²) < 4.78 is 16.2. The van der Waals surface area contributed by atoms with Crippen LogP contribution in [-0.4, -0.2) is 32.8 Å². The molecule has 5 heteroatoms. The molecular weight excluding hydrogens is 294 g/mol. The Morgan fingerprint density at radius 3 is 2.57 bits per heavy atom. The van der Waals surface area contributed by atoms with E-state index in [4.69, 9.17) is 14.2 Å². The van der Waals surface area contributed by atoms with E-state index in [1.54, 1.807) is 19.2 Å². The predicted octanol–water partition coefficient (Wildman–Crippen LogP) is 2.58. The van der Waals surface area contributed by atoms with Crippen LogP contribution in [0, 0.1) is 6.92 Å². The van der Waals surface area contributed by atoms with Gasteiger partial charge in [-0.1, -0.05) is 24.3 Å². The van der Waals surface area contributed by atoms with E-state index >= 15 is 0 Å². The van der Waals surface area contributed by atoms with Crippen LogP contribution >= 0.6 is 0 Å². The molecule has 0 aliphatic heterocycles. The second-order valence-corrected chi connectivity index (χ2v) is 4.95. The molecule has 0 saturated heterocycles. The average Bonchev–Trinajstić information content (AvgIpc) is 2.57. The zero-order valence-corrected chi connectivity index (χ0v) is 13.4. The van der Waals surface area contributed by atoms with Crippen LogP contribution in [0.15, 0.2) is 48.5 Å². The molecule has 0 heterocycles. The van der Waals surface area contributed by atoms with Crippen molar-refractivity contribution in [3.8, 4) is 17.2 Å². The molecule has 0 aliphatic carbocycles. The Bertz CT molecular complexity index is 642. The number of hydrogen-bond donors (Lipinski definition) is 1. The minimum atomic E-state index is -0.205. The molecule has 0 atom stereocenters. The van der Waals surface area contributed by atoms with Crippen LogP contribution in [0.1, 0.15) is 5.56 Å². The molecule has 5 nitrogen and oxygen atoms in total. The van der Waals surface area contributed by atoms with E-state index in [0.29, 0.717) is 24.7 Å². The van der Waals surface area contributed by atoms with Gasteiger partial charge in [0, 0.05) is 0 Å². The molecule has 1 N–H and O–H groups in total. The summed E-state index contributed by atoms with van der Waals surface area (Å²) in [5, 5.41) is 2.75. The van der Waals surface area contributed by atoms with E-state index in [0.717, 1.165) is 11.3 Å². The lowest BCUT2D eigenvalue weighted by molar-refractivity contribution is -0.123. The summed E-state index contributed by atoms with van der Waals surface area (Å²) >= 11 is 0. The number of methoxy groups -OCH3 is 1. The highest BCUT2D eigenvalue weighted by Gasteiger charge is 2.06. The average molecular weight is 315 g/mol. The van der Waals surface area contributed by atoms with Gasteiger partial charge in [0.25, 0.3) is 5.91 Å². The number of ether oxygens (including phenoxy) is 3. The van der Waals surface area contributed by atoms with Crippen LogP contribution in [0.4, 0.5) is 0 Å². The van der Waals surface area contributed by atoms with Crippen LogP contribution < -0.4 is 19.5 Å². The first kappa shape index (κ1) is 16.7. The van der Waals surface area contributed by atoms with Gasteiger partial charge in [-0.2, -0.15) is 0 Å². The highest BCUT2D eigenvalue weighted by atomic mass is 16.5. The number of carbonyl (C=O) groups is 1. The van der Waals surface area contributed by atoms with Gasteiger partial charge in [0.05, 0.1) is 13.7 Å². The second kappa shape index (κ2) is 8.68. The lowest BCUT2D eigenvalue weighted by Crippen LogP contribution is -2.32. The summed E-state index contributed by atoms with van der Waals surface area (Å²) in [7, 11) is 1.56. The first-order valence-electron chi connectivity index (χ1n) is 7.41. The Balaban J connectivity index is 1.67. The molecule has 2 rings (SSSR count). The lowest BCUT2D eigenvalue weighted by Gasteiger charge is -2.11. The van der Waals surface area contributed by atoms with E-state index < -0.39 is 0 Å². The summed E-state index contributed by atoms with van der Waals surface area (Å²) in [4.78, 5) is 11.7. The monoisotopic (exact) mass is 315 g/mol. The molecule has 0 saturated carbocycles. The molecule has 1 amide bonds. The van der Waals surface area contributed by atoms with Crippen LogP contribution in [0.3, 0.4) is 0 Å². The minimum absolute atomic E-state index is 0.0647. The third-order valence-electron chi connectivity index (χ3n) is 3.11. The van der Waals surface area contributed by atoms with Crippen molar-refractivity contribution in [1.29, 1.82) is 0 Å². The van der Waals surface area contributed by atoms with Gasteiger partial charge >= 0.3 is 0 Å². The summed E-state index contributed by atoms with van der Waals surface area (Å²) in [6, 6.07) is 15.0. The fourth-order valence-corrected chi connectivity index (χ4v) is 2.00. The zero-order valence-electron chi connectivity index (χ0n) is 13.4. The number of rotatable bonds is 8. The van der Waals surface area contributed by atoms with Gasteiger partial charge in [-0.15, -0.1) is 0 Å². The predicted molar refractivity (Wildman–Crippen MR) is 88.2 cm³/mol. The van der Waals surface area contributed by atoms with E-state index in [-0.39, 0.29) is 12.5 Å². The van der Waals surface area contributed by atoms with Crippen LogP contribution in [0.2, 0.25) is 0 Å². The van der Waals surface area contributed by atoms with Gasteiger partial charge in [0.15, 0.2) is 18.1 Å². The highest BCUT2D eigenvalue weighted by Crippen LogP contribution is 2.25.